The summed E-state index contributed by atoms with van der Waals surface area (Å²) in [6.45, 7) is 0. The topological polar surface area (TPSA) is 67.9 Å². The van der Waals surface area contributed by atoms with Crippen LogP contribution in [0.4, 0.5) is 10.1 Å². The lowest BCUT2D eigenvalue weighted by Crippen LogP contribution is -2.14. The highest BCUT2D eigenvalue weighted by molar-refractivity contribution is 6.69. The van der Waals surface area contributed by atoms with Crippen molar-refractivity contribution in [2.75, 3.05) is 7.05 Å². The molecule has 0 spiro atoms. The molecule has 1 saturated carbocycles. The lowest BCUT2D eigenvalue weighted by atomic mass is 9.99. The average molecular weight is 348 g/mol. The van der Waals surface area contributed by atoms with Crippen LogP contribution >= 0.6 is 11.6 Å². The van der Waals surface area contributed by atoms with Crippen LogP contribution in [0.3, 0.4) is 0 Å². The van der Waals surface area contributed by atoms with Gasteiger partial charge in [-0.3, -0.25) is 15.1 Å². The van der Waals surface area contributed by atoms with Gasteiger partial charge in [0.25, 0.3) is 5.69 Å². The van der Waals surface area contributed by atoms with E-state index in [9.17, 15) is 14.5 Å². The Morgan fingerprint density at radius 1 is 1.50 bits per heavy atom. The Balaban J connectivity index is 1.86. The maximum absolute atomic E-state index is 14.0. The molecule has 0 N–H and O–H groups in total. The number of nitro benzene ring substituents is 1. The van der Waals surface area contributed by atoms with Crippen molar-refractivity contribution in [2.45, 2.75) is 19.3 Å². The number of benzene rings is 1. The fourth-order valence-corrected chi connectivity index (χ4v) is 2.87. The zero-order valence-electron chi connectivity index (χ0n) is 13.0. The standard InChI is InChI=1S/C17H15ClFN3O2/c1-20-17-13(10-2-3-10)9-16(18)21-15(17)7-5-11-4-6-12(22(23)24)8-14(11)19/h4,6-10H,2-3,5H2,1H3/b15-7+,20-17?. The fourth-order valence-electron chi connectivity index (χ4n) is 2.66. The molecule has 1 aliphatic heterocycles. The van der Waals surface area contributed by atoms with E-state index in [1.54, 1.807) is 13.1 Å². The van der Waals surface area contributed by atoms with E-state index >= 15 is 0 Å². The largest absolute Gasteiger partial charge is 0.286 e. The molecule has 1 aromatic carbocycles. The summed E-state index contributed by atoms with van der Waals surface area (Å²) in [4.78, 5) is 18.6. The van der Waals surface area contributed by atoms with Crippen LogP contribution in [-0.4, -0.2) is 22.9 Å². The Labute approximate surface area is 143 Å². The van der Waals surface area contributed by atoms with E-state index < -0.39 is 10.7 Å². The van der Waals surface area contributed by atoms with Gasteiger partial charge in [-0.15, -0.1) is 0 Å². The van der Waals surface area contributed by atoms with Gasteiger partial charge in [-0.1, -0.05) is 17.7 Å². The highest BCUT2D eigenvalue weighted by Gasteiger charge is 2.32. The van der Waals surface area contributed by atoms with Crippen LogP contribution in [-0.2, 0) is 6.42 Å². The molecule has 1 aromatic rings. The van der Waals surface area contributed by atoms with Gasteiger partial charge in [-0.25, -0.2) is 9.38 Å². The van der Waals surface area contributed by atoms with Crippen molar-refractivity contribution in [1.82, 2.24) is 0 Å². The van der Waals surface area contributed by atoms with E-state index in [0.29, 0.717) is 22.3 Å². The number of rotatable bonds is 4. The fraction of sp³-hybridized carbons (Fsp3) is 0.294. The van der Waals surface area contributed by atoms with E-state index in [1.807, 2.05) is 6.08 Å². The maximum Gasteiger partial charge on any atom is 0.272 e. The lowest BCUT2D eigenvalue weighted by molar-refractivity contribution is -0.385. The first-order valence-electron chi connectivity index (χ1n) is 7.56. The number of allylic oxidation sites excluding steroid dienone is 3. The molecule has 2 aliphatic rings. The van der Waals surface area contributed by atoms with Gasteiger partial charge in [-0.05, 0) is 48.5 Å². The molecule has 0 radical (unpaired) electrons. The molecule has 0 unspecified atom stereocenters. The third-order valence-electron chi connectivity index (χ3n) is 4.02. The van der Waals surface area contributed by atoms with Crippen molar-refractivity contribution in [2.24, 2.45) is 15.9 Å². The first-order valence-corrected chi connectivity index (χ1v) is 7.93. The lowest BCUT2D eigenvalue weighted by Gasteiger charge is -2.15. The van der Waals surface area contributed by atoms with Gasteiger partial charge in [-0.2, -0.15) is 0 Å². The van der Waals surface area contributed by atoms with Crippen molar-refractivity contribution in [3.63, 3.8) is 0 Å². The number of halogens is 2. The predicted molar refractivity (Wildman–Crippen MR) is 92.3 cm³/mol. The van der Waals surface area contributed by atoms with Gasteiger partial charge in [0.1, 0.15) is 11.0 Å². The van der Waals surface area contributed by atoms with Crippen LogP contribution < -0.4 is 0 Å². The van der Waals surface area contributed by atoms with Crippen molar-refractivity contribution in [3.05, 3.63) is 63.1 Å². The van der Waals surface area contributed by atoms with E-state index in [4.69, 9.17) is 11.6 Å². The van der Waals surface area contributed by atoms with Crippen LogP contribution in [0.2, 0.25) is 0 Å². The Morgan fingerprint density at radius 3 is 2.83 bits per heavy atom. The highest BCUT2D eigenvalue weighted by Crippen LogP contribution is 2.40. The number of non-ortho nitro benzene ring substituents is 1. The van der Waals surface area contributed by atoms with Gasteiger partial charge in [0.15, 0.2) is 0 Å². The molecule has 5 nitrogen and oxygen atoms in total. The minimum Gasteiger partial charge on any atom is -0.286 e. The van der Waals surface area contributed by atoms with Gasteiger partial charge in [0.05, 0.1) is 22.4 Å². The third-order valence-corrected chi connectivity index (χ3v) is 4.22. The molecule has 24 heavy (non-hydrogen) atoms. The van der Waals surface area contributed by atoms with Gasteiger partial charge in [0.2, 0.25) is 0 Å². The number of nitrogens with zero attached hydrogens (tertiary/aromatic N) is 3. The highest BCUT2D eigenvalue weighted by atomic mass is 35.5. The number of nitro groups is 1. The molecular formula is C17H15ClFN3O2. The smallest absolute Gasteiger partial charge is 0.272 e. The van der Waals surface area contributed by atoms with Crippen molar-refractivity contribution in [1.29, 1.82) is 0 Å². The minimum absolute atomic E-state index is 0.254. The van der Waals surface area contributed by atoms with E-state index in [2.05, 4.69) is 9.98 Å². The van der Waals surface area contributed by atoms with Gasteiger partial charge in [0, 0.05) is 13.1 Å². The molecule has 0 amide bonds. The predicted octanol–water partition coefficient (Wildman–Crippen LogP) is 4.22. The maximum atomic E-state index is 14.0. The molecule has 0 aromatic heterocycles. The molecule has 0 atom stereocenters. The van der Waals surface area contributed by atoms with Gasteiger partial charge < -0.3 is 0 Å². The van der Waals surface area contributed by atoms with Gasteiger partial charge >= 0.3 is 0 Å². The minimum atomic E-state index is -0.620. The van der Waals surface area contributed by atoms with Crippen LogP contribution in [0.5, 0.6) is 0 Å². The summed E-state index contributed by atoms with van der Waals surface area (Å²) in [6.07, 6.45) is 6.07. The number of aliphatic imine (C=N–C) groups is 2. The summed E-state index contributed by atoms with van der Waals surface area (Å²) in [5, 5.41) is 11.1. The summed E-state index contributed by atoms with van der Waals surface area (Å²) in [6, 6.07) is 3.63. The Hall–Kier alpha value is -2.34. The second-order valence-corrected chi connectivity index (χ2v) is 6.09. The molecule has 0 bridgehead atoms. The molecule has 124 valence electrons. The normalized spacial score (nSPS) is 21.0. The average Bonchev–Trinajstić information content (AvgIpc) is 3.37. The SMILES string of the molecule is CN=C1C(C2CC2)=CC(Cl)=N/C1=C/Cc1ccc([N+](=O)[O-])cc1F. The second kappa shape index (κ2) is 6.65. The molecule has 1 heterocycles. The summed E-state index contributed by atoms with van der Waals surface area (Å²) >= 11 is 6.10. The quantitative estimate of drug-likeness (QED) is 0.604. The Bertz CT molecular complexity index is 823. The van der Waals surface area contributed by atoms with Crippen LogP contribution in [0.1, 0.15) is 18.4 Å². The molecule has 0 saturated heterocycles. The zero-order chi connectivity index (χ0) is 17.3. The number of dihydropyridines is 1. The van der Waals surface area contributed by atoms with E-state index in [1.165, 1.54) is 12.1 Å². The Kier molecular flexibility index (Phi) is 4.57. The molecule has 1 aliphatic carbocycles. The van der Waals surface area contributed by atoms with E-state index in [-0.39, 0.29) is 12.1 Å². The first kappa shape index (κ1) is 16.5. The van der Waals surface area contributed by atoms with Crippen LogP contribution in [0, 0.1) is 21.8 Å². The third kappa shape index (κ3) is 3.43. The summed E-state index contributed by atoms with van der Waals surface area (Å²) in [7, 11) is 1.70. The van der Waals surface area contributed by atoms with Crippen molar-refractivity contribution >= 4 is 28.2 Å². The zero-order valence-corrected chi connectivity index (χ0v) is 13.8. The van der Waals surface area contributed by atoms with E-state index in [0.717, 1.165) is 30.2 Å². The first-order chi connectivity index (χ1) is 11.5. The summed E-state index contributed by atoms with van der Waals surface area (Å²) < 4.78 is 14.0. The van der Waals surface area contributed by atoms with Crippen molar-refractivity contribution in [3.8, 4) is 0 Å². The molecule has 1 fully saturated rings. The Morgan fingerprint density at radius 2 is 2.25 bits per heavy atom. The monoisotopic (exact) mass is 347 g/mol. The summed E-state index contributed by atoms with van der Waals surface area (Å²) in [5.41, 5.74) is 2.57. The van der Waals surface area contributed by atoms with Crippen LogP contribution in [0.15, 0.2) is 51.6 Å². The number of hydrogen-bond acceptors (Lipinski definition) is 4. The van der Waals surface area contributed by atoms with Crippen LogP contribution in [0.25, 0.3) is 0 Å². The molecule has 3 rings (SSSR count). The number of hydrogen-bond donors (Lipinski definition) is 0. The molecular weight excluding hydrogens is 333 g/mol. The summed E-state index contributed by atoms with van der Waals surface area (Å²) in [5.74, 6) is -0.146. The van der Waals surface area contributed by atoms with Crippen molar-refractivity contribution < 1.29 is 9.31 Å². The molecule has 7 heteroatoms. The second-order valence-electron chi connectivity index (χ2n) is 5.71.